The summed E-state index contributed by atoms with van der Waals surface area (Å²) in [7, 11) is 0. The van der Waals surface area contributed by atoms with E-state index in [1.54, 1.807) is 0 Å². The zero-order valence-corrected chi connectivity index (χ0v) is 16.0. The maximum Gasteiger partial charge on any atom is 0.240 e. The van der Waals surface area contributed by atoms with Crippen molar-refractivity contribution in [1.29, 1.82) is 0 Å². The molecule has 6 heteroatoms. The monoisotopic (exact) mass is 398 g/mol. The maximum absolute atomic E-state index is 12.1. The van der Waals surface area contributed by atoms with Crippen molar-refractivity contribution in [3.05, 3.63) is 82.0 Å². The Morgan fingerprint density at radius 1 is 0.963 bits per heavy atom. The summed E-state index contributed by atoms with van der Waals surface area (Å²) >= 11 is 11.9. The van der Waals surface area contributed by atoms with E-state index in [-0.39, 0.29) is 11.9 Å². The summed E-state index contributed by atoms with van der Waals surface area (Å²) in [4.78, 5) is 12.1. The van der Waals surface area contributed by atoms with Gasteiger partial charge in [0, 0.05) is 29.0 Å². The SMILES string of the molecule is CC(=O)N1N=C(c2ccc(Cl)cc2)CC1c1ccc(-c2ccc(Cl)cc2)o1. The zero-order chi connectivity index (χ0) is 19.0. The van der Waals surface area contributed by atoms with E-state index < -0.39 is 0 Å². The van der Waals surface area contributed by atoms with Gasteiger partial charge in [-0.05, 0) is 54.1 Å². The second-order valence-corrected chi connectivity index (χ2v) is 7.22. The van der Waals surface area contributed by atoms with Crippen LogP contribution in [-0.4, -0.2) is 16.6 Å². The van der Waals surface area contributed by atoms with Gasteiger partial charge >= 0.3 is 0 Å². The molecular formula is C21H16Cl2N2O2. The molecule has 136 valence electrons. The molecule has 0 bridgehead atoms. The first-order valence-electron chi connectivity index (χ1n) is 8.50. The highest BCUT2D eigenvalue weighted by Gasteiger charge is 2.33. The van der Waals surface area contributed by atoms with Crippen molar-refractivity contribution < 1.29 is 9.21 Å². The van der Waals surface area contributed by atoms with E-state index in [1.165, 1.54) is 11.9 Å². The average molecular weight is 399 g/mol. The van der Waals surface area contributed by atoms with Gasteiger partial charge in [-0.2, -0.15) is 5.10 Å². The number of amides is 1. The highest BCUT2D eigenvalue weighted by atomic mass is 35.5. The molecule has 27 heavy (non-hydrogen) atoms. The molecular weight excluding hydrogens is 383 g/mol. The van der Waals surface area contributed by atoms with Crippen molar-refractivity contribution in [3.8, 4) is 11.3 Å². The van der Waals surface area contributed by atoms with Crippen LogP contribution in [-0.2, 0) is 4.79 Å². The number of carbonyl (C=O) groups excluding carboxylic acids is 1. The van der Waals surface area contributed by atoms with Crippen molar-refractivity contribution in [2.45, 2.75) is 19.4 Å². The first-order chi connectivity index (χ1) is 13.0. The first-order valence-corrected chi connectivity index (χ1v) is 9.26. The Kier molecular flexibility index (Phi) is 4.77. The second kappa shape index (κ2) is 7.22. The molecule has 0 aliphatic carbocycles. The van der Waals surface area contributed by atoms with Crippen molar-refractivity contribution in [1.82, 2.24) is 5.01 Å². The number of carbonyl (C=O) groups is 1. The number of rotatable bonds is 3. The molecule has 1 unspecified atom stereocenters. The van der Waals surface area contributed by atoms with E-state index in [4.69, 9.17) is 27.6 Å². The van der Waals surface area contributed by atoms with Crippen LogP contribution in [0.1, 0.15) is 30.7 Å². The number of hydrazone groups is 1. The second-order valence-electron chi connectivity index (χ2n) is 6.35. The van der Waals surface area contributed by atoms with Gasteiger partial charge in [-0.1, -0.05) is 35.3 Å². The van der Waals surface area contributed by atoms with Gasteiger partial charge in [0.05, 0.1) is 5.71 Å². The van der Waals surface area contributed by atoms with Gasteiger partial charge < -0.3 is 4.42 Å². The zero-order valence-electron chi connectivity index (χ0n) is 14.5. The Morgan fingerprint density at radius 3 is 2.15 bits per heavy atom. The van der Waals surface area contributed by atoms with E-state index in [2.05, 4.69) is 5.10 Å². The van der Waals surface area contributed by atoms with Gasteiger partial charge in [0.1, 0.15) is 17.6 Å². The summed E-state index contributed by atoms with van der Waals surface area (Å²) in [6.07, 6.45) is 0.578. The largest absolute Gasteiger partial charge is 0.459 e. The van der Waals surface area contributed by atoms with E-state index >= 15 is 0 Å². The van der Waals surface area contributed by atoms with Crippen LogP contribution in [0.5, 0.6) is 0 Å². The first kappa shape index (κ1) is 17.8. The van der Waals surface area contributed by atoms with Gasteiger partial charge in [0.2, 0.25) is 5.91 Å². The predicted molar refractivity (Wildman–Crippen MR) is 107 cm³/mol. The molecule has 2 heterocycles. The van der Waals surface area contributed by atoms with Crippen LogP contribution in [0.25, 0.3) is 11.3 Å². The van der Waals surface area contributed by atoms with E-state index in [0.29, 0.717) is 22.2 Å². The highest BCUT2D eigenvalue weighted by Crippen LogP contribution is 2.36. The van der Waals surface area contributed by atoms with Crippen molar-refractivity contribution in [2.24, 2.45) is 5.10 Å². The van der Waals surface area contributed by atoms with Crippen LogP contribution in [0.2, 0.25) is 10.0 Å². The molecule has 1 aromatic heterocycles. The molecule has 0 radical (unpaired) electrons. The van der Waals surface area contributed by atoms with Gasteiger partial charge in [-0.15, -0.1) is 0 Å². The van der Waals surface area contributed by atoms with Crippen LogP contribution in [0, 0.1) is 0 Å². The standard InChI is InChI=1S/C21H16Cl2N2O2/c1-13(26)25-19(12-18(24-25)14-2-6-16(22)7-3-14)21-11-10-20(27-21)15-4-8-17(23)9-5-15/h2-11,19H,12H2,1H3. The van der Waals surface area contributed by atoms with Crippen LogP contribution >= 0.6 is 23.2 Å². The van der Waals surface area contributed by atoms with E-state index in [9.17, 15) is 4.79 Å². The Bertz CT molecular complexity index is 1010. The lowest BCUT2D eigenvalue weighted by molar-refractivity contribution is -0.130. The van der Waals surface area contributed by atoms with Crippen molar-refractivity contribution >= 4 is 34.8 Å². The fourth-order valence-electron chi connectivity index (χ4n) is 3.14. The third kappa shape index (κ3) is 3.64. The Balaban J connectivity index is 1.62. The minimum absolute atomic E-state index is 0.131. The minimum Gasteiger partial charge on any atom is -0.459 e. The number of hydrogen-bond acceptors (Lipinski definition) is 3. The summed E-state index contributed by atoms with van der Waals surface area (Å²) < 4.78 is 6.05. The number of nitrogens with zero attached hydrogens (tertiary/aromatic N) is 2. The quantitative estimate of drug-likeness (QED) is 0.546. The lowest BCUT2D eigenvalue weighted by Gasteiger charge is -2.17. The normalized spacial score (nSPS) is 16.5. The van der Waals surface area contributed by atoms with Crippen LogP contribution < -0.4 is 0 Å². The molecule has 0 saturated heterocycles. The number of halogens is 2. The molecule has 4 nitrogen and oxygen atoms in total. The summed E-state index contributed by atoms with van der Waals surface area (Å²) in [6, 6.07) is 18.4. The fourth-order valence-corrected chi connectivity index (χ4v) is 3.39. The molecule has 3 aromatic rings. The van der Waals surface area contributed by atoms with Gasteiger partial charge in [0.15, 0.2) is 0 Å². The molecule has 1 amide bonds. The minimum atomic E-state index is -0.269. The van der Waals surface area contributed by atoms with Crippen LogP contribution in [0.3, 0.4) is 0 Å². The van der Waals surface area contributed by atoms with Crippen molar-refractivity contribution in [2.75, 3.05) is 0 Å². The number of furan rings is 1. The summed E-state index contributed by atoms with van der Waals surface area (Å²) in [6.45, 7) is 1.50. The smallest absolute Gasteiger partial charge is 0.240 e. The lowest BCUT2D eigenvalue weighted by atomic mass is 10.0. The molecule has 0 N–H and O–H groups in total. The van der Waals surface area contributed by atoms with E-state index in [1.807, 2.05) is 60.7 Å². The van der Waals surface area contributed by atoms with Crippen LogP contribution in [0.15, 0.2) is 70.2 Å². The Morgan fingerprint density at radius 2 is 1.56 bits per heavy atom. The highest BCUT2D eigenvalue weighted by molar-refractivity contribution is 6.31. The third-order valence-electron chi connectivity index (χ3n) is 4.49. The molecule has 1 aliphatic heterocycles. The molecule has 0 spiro atoms. The topological polar surface area (TPSA) is 45.8 Å². The lowest BCUT2D eigenvalue weighted by Crippen LogP contribution is -2.23. The molecule has 1 atom stereocenters. The number of benzene rings is 2. The molecule has 2 aromatic carbocycles. The third-order valence-corrected chi connectivity index (χ3v) is 5.00. The summed E-state index contributed by atoms with van der Waals surface area (Å²) in [5.74, 6) is 1.29. The predicted octanol–water partition coefficient (Wildman–Crippen LogP) is 5.95. The molecule has 1 aliphatic rings. The molecule has 0 fully saturated rings. The van der Waals surface area contributed by atoms with Gasteiger partial charge in [0.25, 0.3) is 0 Å². The number of hydrogen-bond donors (Lipinski definition) is 0. The summed E-state index contributed by atoms with van der Waals surface area (Å²) in [5.41, 5.74) is 2.70. The average Bonchev–Trinajstić information content (AvgIpc) is 3.30. The summed E-state index contributed by atoms with van der Waals surface area (Å²) in [5, 5.41) is 7.33. The Labute approximate surface area is 167 Å². The van der Waals surface area contributed by atoms with Crippen molar-refractivity contribution in [3.63, 3.8) is 0 Å². The van der Waals surface area contributed by atoms with E-state index in [0.717, 1.165) is 22.6 Å². The van der Waals surface area contributed by atoms with Crippen LogP contribution in [0.4, 0.5) is 0 Å². The van der Waals surface area contributed by atoms with Gasteiger partial charge in [-0.3, -0.25) is 4.79 Å². The molecule has 4 rings (SSSR count). The Hall–Kier alpha value is -2.56. The van der Waals surface area contributed by atoms with Gasteiger partial charge in [-0.25, -0.2) is 5.01 Å². The molecule has 0 saturated carbocycles. The fraction of sp³-hybridized carbons (Fsp3) is 0.143. The maximum atomic E-state index is 12.1.